The van der Waals surface area contributed by atoms with E-state index in [-0.39, 0.29) is 18.3 Å². The average Bonchev–Trinajstić information content (AvgIpc) is 2.37. The third-order valence-electron chi connectivity index (χ3n) is 2.61. The van der Waals surface area contributed by atoms with Gasteiger partial charge in [-0.05, 0) is 31.2 Å². The number of nitro benzene ring substituents is 1. The van der Waals surface area contributed by atoms with E-state index in [4.69, 9.17) is 5.11 Å². The molecule has 6 heteroatoms. The lowest BCUT2D eigenvalue weighted by molar-refractivity contribution is -0.382. The maximum absolute atomic E-state index is 11.2. The fourth-order valence-electron chi connectivity index (χ4n) is 1.76. The summed E-state index contributed by atoms with van der Waals surface area (Å²) in [6, 6.07) is 6.40. The van der Waals surface area contributed by atoms with E-state index in [1.54, 1.807) is 37.4 Å². The van der Waals surface area contributed by atoms with Crippen LogP contribution in [0.3, 0.4) is 0 Å². The van der Waals surface area contributed by atoms with Gasteiger partial charge in [0.15, 0.2) is 0 Å². The second-order valence-electron chi connectivity index (χ2n) is 4.02. The van der Waals surface area contributed by atoms with Crippen molar-refractivity contribution in [2.24, 2.45) is 0 Å². The highest BCUT2D eigenvalue weighted by molar-refractivity contribution is 5.94. The van der Waals surface area contributed by atoms with Crippen molar-refractivity contribution in [1.29, 1.82) is 0 Å². The van der Waals surface area contributed by atoms with Crippen LogP contribution in [0.4, 0.5) is 11.4 Å². The summed E-state index contributed by atoms with van der Waals surface area (Å²) in [4.78, 5) is 14.8. The van der Waals surface area contributed by atoms with Gasteiger partial charge in [-0.1, -0.05) is 0 Å². The van der Waals surface area contributed by atoms with E-state index in [0.29, 0.717) is 16.6 Å². The van der Waals surface area contributed by atoms with Crippen molar-refractivity contribution in [3.05, 3.63) is 40.6 Å². The van der Waals surface area contributed by atoms with Gasteiger partial charge in [0.2, 0.25) is 0 Å². The molecule has 6 nitrogen and oxygen atoms in total. The van der Waals surface area contributed by atoms with Crippen molar-refractivity contribution in [1.82, 2.24) is 4.98 Å². The Balaban J connectivity index is 2.59. The van der Waals surface area contributed by atoms with E-state index in [1.165, 1.54) is 0 Å². The van der Waals surface area contributed by atoms with E-state index in [1.807, 2.05) is 0 Å². The van der Waals surface area contributed by atoms with Gasteiger partial charge in [0.05, 0.1) is 22.4 Å². The van der Waals surface area contributed by atoms with Crippen molar-refractivity contribution in [3.8, 4) is 0 Å². The summed E-state index contributed by atoms with van der Waals surface area (Å²) >= 11 is 0. The molecule has 0 bridgehead atoms. The number of aromatic nitrogens is 1. The van der Waals surface area contributed by atoms with Crippen LogP contribution in [0, 0.1) is 10.1 Å². The largest absolute Gasteiger partial charge is 0.394 e. The molecule has 1 heterocycles. The van der Waals surface area contributed by atoms with E-state index in [0.717, 1.165) is 0 Å². The minimum atomic E-state index is -0.434. The topological polar surface area (TPSA) is 88.3 Å². The van der Waals surface area contributed by atoms with E-state index >= 15 is 0 Å². The van der Waals surface area contributed by atoms with Crippen molar-refractivity contribution < 1.29 is 10.0 Å². The second-order valence-corrected chi connectivity index (χ2v) is 4.02. The zero-order valence-corrected chi connectivity index (χ0v) is 9.83. The van der Waals surface area contributed by atoms with E-state index in [2.05, 4.69) is 10.3 Å². The van der Waals surface area contributed by atoms with Crippen LogP contribution < -0.4 is 5.32 Å². The van der Waals surface area contributed by atoms with Crippen LogP contribution in [0.15, 0.2) is 30.5 Å². The highest BCUT2D eigenvalue weighted by Crippen LogP contribution is 2.32. The molecule has 0 radical (unpaired) electrons. The van der Waals surface area contributed by atoms with Crippen LogP contribution in [0.25, 0.3) is 10.9 Å². The van der Waals surface area contributed by atoms with Gasteiger partial charge in [0, 0.05) is 12.2 Å². The lowest BCUT2D eigenvalue weighted by Crippen LogP contribution is -2.20. The summed E-state index contributed by atoms with van der Waals surface area (Å²) in [6.07, 6.45) is 1.59. The van der Waals surface area contributed by atoms with Gasteiger partial charge in [0.25, 0.3) is 0 Å². The number of pyridine rings is 1. The number of hydrogen-bond donors (Lipinski definition) is 2. The van der Waals surface area contributed by atoms with Crippen LogP contribution in [0.1, 0.15) is 6.92 Å². The monoisotopic (exact) mass is 247 g/mol. The number of hydrogen-bond acceptors (Lipinski definition) is 5. The first-order chi connectivity index (χ1) is 8.63. The number of aliphatic hydroxyl groups is 1. The Kier molecular flexibility index (Phi) is 3.38. The number of nitro groups is 1. The molecule has 0 saturated heterocycles. The molecule has 0 amide bonds. The first-order valence-electron chi connectivity index (χ1n) is 5.53. The first kappa shape index (κ1) is 12.3. The molecule has 0 aliphatic carbocycles. The fraction of sp³-hybridized carbons (Fsp3) is 0.250. The third-order valence-corrected chi connectivity index (χ3v) is 2.61. The predicted octanol–water partition coefficient (Wildman–Crippen LogP) is 1.94. The summed E-state index contributed by atoms with van der Waals surface area (Å²) in [5.41, 5.74) is 0.953. The molecule has 2 N–H and O–H groups in total. The normalized spacial score (nSPS) is 12.3. The Bertz CT molecular complexity index is 586. The van der Waals surface area contributed by atoms with Crippen LogP contribution in [-0.2, 0) is 0 Å². The number of aliphatic hydroxyl groups excluding tert-OH is 1. The minimum Gasteiger partial charge on any atom is -0.394 e. The maximum atomic E-state index is 11.2. The van der Waals surface area contributed by atoms with Crippen molar-refractivity contribution in [2.75, 3.05) is 11.9 Å². The minimum absolute atomic E-state index is 0.0131. The first-order valence-corrected chi connectivity index (χ1v) is 5.53. The number of benzene rings is 1. The van der Waals surface area contributed by atoms with Gasteiger partial charge in [-0.25, -0.2) is 0 Å². The van der Waals surface area contributed by atoms with Gasteiger partial charge >= 0.3 is 5.69 Å². The van der Waals surface area contributed by atoms with Crippen molar-refractivity contribution in [3.63, 3.8) is 0 Å². The van der Waals surface area contributed by atoms with Gasteiger partial charge in [0.1, 0.15) is 5.69 Å². The molecule has 18 heavy (non-hydrogen) atoms. The average molecular weight is 247 g/mol. The van der Waals surface area contributed by atoms with E-state index < -0.39 is 4.92 Å². The molecule has 0 fully saturated rings. The van der Waals surface area contributed by atoms with Gasteiger partial charge in [-0.2, -0.15) is 0 Å². The Morgan fingerprint density at radius 2 is 2.28 bits per heavy atom. The molecule has 1 atom stereocenters. The molecular weight excluding hydrogens is 234 g/mol. The third kappa shape index (κ3) is 2.23. The molecule has 0 spiro atoms. The van der Waals surface area contributed by atoms with Crippen LogP contribution >= 0.6 is 0 Å². The molecule has 2 aromatic rings. The Labute approximate surface area is 103 Å². The molecule has 94 valence electrons. The molecule has 0 aliphatic rings. The number of nitrogens with one attached hydrogen (secondary N) is 1. The number of rotatable bonds is 4. The highest BCUT2D eigenvalue weighted by Gasteiger charge is 2.19. The SMILES string of the molecule is CC(CO)Nc1ccc2ncccc2c1[N+](=O)[O-]. The molecular formula is C12H13N3O3. The molecule has 1 unspecified atom stereocenters. The van der Waals surface area contributed by atoms with Gasteiger partial charge in [-0.15, -0.1) is 0 Å². The Morgan fingerprint density at radius 3 is 2.94 bits per heavy atom. The quantitative estimate of drug-likeness (QED) is 0.636. The standard InChI is InChI=1S/C12H13N3O3/c1-8(7-16)14-11-5-4-10-9(3-2-6-13-10)12(11)15(17)18/h2-6,8,14,16H,7H2,1H3. The molecule has 0 saturated carbocycles. The van der Waals surface area contributed by atoms with Crippen molar-refractivity contribution in [2.45, 2.75) is 13.0 Å². The second kappa shape index (κ2) is 4.97. The van der Waals surface area contributed by atoms with Crippen LogP contribution in [-0.4, -0.2) is 27.7 Å². The van der Waals surface area contributed by atoms with Gasteiger partial charge in [-0.3, -0.25) is 15.1 Å². The number of anilines is 1. The zero-order valence-electron chi connectivity index (χ0n) is 9.83. The molecule has 0 aliphatic heterocycles. The lowest BCUT2D eigenvalue weighted by atomic mass is 10.1. The summed E-state index contributed by atoms with van der Waals surface area (Å²) in [6.45, 7) is 1.65. The molecule has 2 rings (SSSR count). The van der Waals surface area contributed by atoms with Crippen LogP contribution in [0.2, 0.25) is 0 Å². The maximum Gasteiger partial charge on any atom is 0.301 e. The summed E-state index contributed by atoms with van der Waals surface area (Å²) in [7, 11) is 0. The molecule has 1 aromatic heterocycles. The van der Waals surface area contributed by atoms with Gasteiger partial charge < -0.3 is 10.4 Å². The number of nitrogens with zero attached hydrogens (tertiary/aromatic N) is 2. The lowest BCUT2D eigenvalue weighted by Gasteiger charge is -2.13. The molecule has 1 aromatic carbocycles. The zero-order chi connectivity index (χ0) is 13.1. The smallest absolute Gasteiger partial charge is 0.301 e. The van der Waals surface area contributed by atoms with E-state index in [9.17, 15) is 10.1 Å². The Morgan fingerprint density at radius 1 is 1.50 bits per heavy atom. The highest BCUT2D eigenvalue weighted by atomic mass is 16.6. The summed E-state index contributed by atoms with van der Waals surface area (Å²) in [5, 5.41) is 23.6. The predicted molar refractivity (Wildman–Crippen MR) is 68.6 cm³/mol. The Hall–Kier alpha value is -2.21. The summed E-state index contributed by atoms with van der Waals surface area (Å²) < 4.78 is 0. The van der Waals surface area contributed by atoms with Crippen molar-refractivity contribution >= 4 is 22.3 Å². The van der Waals surface area contributed by atoms with Crippen LogP contribution in [0.5, 0.6) is 0 Å². The summed E-state index contributed by atoms with van der Waals surface area (Å²) in [5.74, 6) is 0. The number of fused-ring (bicyclic) bond motifs is 1. The fourth-order valence-corrected chi connectivity index (χ4v) is 1.76.